The fourth-order valence-electron chi connectivity index (χ4n) is 2.76. The maximum Gasteiger partial charge on any atom is 0.347 e. The fourth-order valence-corrected chi connectivity index (χ4v) is 3.00. The van der Waals surface area contributed by atoms with Gasteiger partial charge in [0.1, 0.15) is 24.2 Å². The van der Waals surface area contributed by atoms with Crippen LogP contribution in [0, 0.1) is 0 Å². The molecule has 1 heterocycles. The zero-order valence-corrected chi connectivity index (χ0v) is 16.9. The third kappa shape index (κ3) is 4.96. The molecule has 0 N–H and O–H groups in total. The van der Waals surface area contributed by atoms with E-state index in [-0.39, 0.29) is 12.0 Å². The summed E-state index contributed by atoms with van der Waals surface area (Å²) < 4.78 is 21.5. The van der Waals surface area contributed by atoms with Crippen molar-refractivity contribution in [3.63, 3.8) is 0 Å². The summed E-state index contributed by atoms with van der Waals surface area (Å²) in [5.74, 6) is -0.110. The van der Waals surface area contributed by atoms with Crippen LogP contribution in [0.5, 0.6) is 5.75 Å². The van der Waals surface area contributed by atoms with E-state index in [1.807, 2.05) is 6.92 Å². The van der Waals surface area contributed by atoms with Gasteiger partial charge in [-0.05, 0) is 32.0 Å². The third-order valence-corrected chi connectivity index (χ3v) is 4.56. The summed E-state index contributed by atoms with van der Waals surface area (Å²) in [5.41, 5.74) is 1.13. The van der Waals surface area contributed by atoms with Crippen LogP contribution in [0.4, 0.5) is 0 Å². The minimum atomic E-state index is -0.816. The van der Waals surface area contributed by atoms with Gasteiger partial charge in [-0.15, -0.1) is 0 Å². The first-order valence-corrected chi connectivity index (χ1v) is 9.60. The fraction of sp³-hybridized carbons (Fsp3) is 0.273. The second kappa shape index (κ2) is 9.58. The van der Waals surface area contributed by atoms with Gasteiger partial charge in [0, 0.05) is 23.3 Å². The zero-order valence-electron chi connectivity index (χ0n) is 16.1. The molecular formula is C22H21ClO6. The lowest BCUT2D eigenvalue weighted by molar-refractivity contribution is -0.152. The molecule has 7 heteroatoms. The number of hydrogen-bond acceptors (Lipinski definition) is 6. The first-order valence-electron chi connectivity index (χ1n) is 9.22. The Morgan fingerprint density at radius 3 is 2.69 bits per heavy atom. The molecule has 152 valence electrons. The summed E-state index contributed by atoms with van der Waals surface area (Å²) in [5, 5.41) is 0.859. The van der Waals surface area contributed by atoms with Gasteiger partial charge in [-0.1, -0.05) is 29.8 Å². The van der Waals surface area contributed by atoms with Gasteiger partial charge in [-0.25, -0.2) is 4.79 Å². The van der Waals surface area contributed by atoms with Crippen LogP contribution in [0.25, 0.3) is 22.1 Å². The smallest absolute Gasteiger partial charge is 0.347 e. The second-order valence-electron chi connectivity index (χ2n) is 6.24. The van der Waals surface area contributed by atoms with Crippen molar-refractivity contribution >= 4 is 28.5 Å². The molecule has 6 nitrogen and oxygen atoms in total. The molecule has 0 radical (unpaired) electrons. The normalized spacial score (nSPS) is 12.0. The summed E-state index contributed by atoms with van der Waals surface area (Å²) in [4.78, 5) is 24.8. The maximum atomic E-state index is 12.8. The van der Waals surface area contributed by atoms with Crippen LogP contribution >= 0.6 is 11.6 Å². The first-order chi connectivity index (χ1) is 14.0. The number of halogens is 1. The minimum Gasteiger partial charge on any atom is -0.479 e. The quantitative estimate of drug-likeness (QED) is 0.398. The number of ether oxygens (including phenoxy) is 3. The predicted octanol–water partition coefficient (Wildman–Crippen LogP) is 4.46. The highest BCUT2D eigenvalue weighted by Gasteiger charge is 2.17. The molecule has 0 saturated carbocycles. The van der Waals surface area contributed by atoms with Crippen molar-refractivity contribution in [2.45, 2.75) is 20.0 Å². The molecular weight excluding hydrogens is 396 g/mol. The van der Waals surface area contributed by atoms with Crippen LogP contribution in [0.2, 0.25) is 5.02 Å². The van der Waals surface area contributed by atoms with Gasteiger partial charge in [0.05, 0.1) is 17.6 Å². The SMILES string of the molecule is CCOCCOC(=O)[C@H](C)Oc1ccc2c(=O)c(-c3ccccc3Cl)coc2c1. The number of esters is 1. The summed E-state index contributed by atoms with van der Waals surface area (Å²) in [6, 6.07) is 11.8. The van der Waals surface area contributed by atoms with E-state index in [1.54, 1.807) is 49.4 Å². The van der Waals surface area contributed by atoms with E-state index >= 15 is 0 Å². The number of benzene rings is 2. The lowest BCUT2D eigenvalue weighted by atomic mass is 10.1. The van der Waals surface area contributed by atoms with E-state index in [4.69, 9.17) is 30.2 Å². The highest BCUT2D eigenvalue weighted by atomic mass is 35.5. The Balaban J connectivity index is 1.77. The largest absolute Gasteiger partial charge is 0.479 e. The minimum absolute atomic E-state index is 0.164. The van der Waals surface area contributed by atoms with E-state index in [0.29, 0.717) is 46.1 Å². The van der Waals surface area contributed by atoms with Crippen molar-refractivity contribution in [2.24, 2.45) is 0 Å². The maximum absolute atomic E-state index is 12.8. The average molecular weight is 417 g/mol. The van der Waals surface area contributed by atoms with Crippen LogP contribution in [0.15, 0.2) is 57.9 Å². The highest BCUT2D eigenvalue weighted by Crippen LogP contribution is 2.28. The average Bonchev–Trinajstić information content (AvgIpc) is 2.72. The second-order valence-corrected chi connectivity index (χ2v) is 6.65. The molecule has 0 aliphatic rings. The Hall–Kier alpha value is -2.83. The molecule has 0 aliphatic carbocycles. The van der Waals surface area contributed by atoms with Gasteiger partial charge >= 0.3 is 5.97 Å². The lowest BCUT2D eigenvalue weighted by Crippen LogP contribution is -2.27. The molecule has 0 spiro atoms. The molecule has 3 rings (SSSR count). The highest BCUT2D eigenvalue weighted by molar-refractivity contribution is 6.33. The molecule has 1 aromatic heterocycles. The summed E-state index contributed by atoms with van der Waals surface area (Å²) in [6.07, 6.45) is 0.560. The van der Waals surface area contributed by atoms with Crippen molar-refractivity contribution in [3.8, 4) is 16.9 Å². The van der Waals surface area contributed by atoms with E-state index in [1.165, 1.54) is 6.26 Å². The zero-order chi connectivity index (χ0) is 20.8. The molecule has 2 aromatic carbocycles. The molecule has 0 bridgehead atoms. The number of rotatable bonds is 8. The summed E-state index contributed by atoms with van der Waals surface area (Å²) in [7, 11) is 0. The Morgan fingerprint density at radius 2 is 1.93 bits per heavy atom. The van der Waals surface area contributed by atoms with Crippen LogP contribution in [-0.4, -0.2) is 31.9 Å². The Morgan fingerprint density at radius 1 is 1.14 bits per heavy atom. The topological polar surface area (TPSA) is 75.0 Å². The van der Waals surface area contributed by atoms with Gasteiger partial charge in [0.25, 0.3) is 0 Å². The van der Waals surface area contributed by atoms with Gasteiger partial charge in [-0.2, -0.15) is 0 Å². The Kier molecular flexibility index (Phi) is 6.90. The van der Waals surface area contributed by atoms with Gasteiger partial charge in [0.2, 0.25) is 5.43 Å². The summed E-state index contributed by atoms with van der Waals surface area (Å²) in [6.45, 7) is 4.51. The van der Waals surface area contributed by atoms with Gasteiger partial charge in [0.15, 0.2) is 6.10 Å². The lowest BCUT2D eigenvalue weighted by Gasteiger charge is -2.14. The van der Waals surface area contributed by atoms with Gasteiger partial charge < -0.3 is 18.6 Å². The number of carbonyl (C=O) groups is 1. The molecule has 3 aromatic rings. The van der Waals surface area contributed by atoms with Crippen molar-refractivity contribution in [2.75, 3.05) is 19.8 Å². The van der Waals surface area contributed by atoms with E-state index in [2.05, 4.69) is 0 Å². The van der Waals surface area contributed by atoms with Crippen molar-refractivity contribution in [1.29, 1.82) is 0 Å². The monoisotopic (exact) mass is 416 g/mol. The van der Waals surface area contributed by atoms with Crippen molar-refractivity contribution in [1.82, 2.24) is 0 Å². The van der Waals surface area contributed by atoms with E-state index in [0.717, 1.165) is 0 Å². The van der Waals surface area contributed by atoms with Crippen LogP contribution in [-0.2, 0) is 14.3 Å². The van der Waals surface area contributed by atoms with E-state index < -0.39 is 12.1 Å². The van der Waals surface area contributed by atoms with Crippen LogP contribution in [0.3, 0.4) is 0 Å². The summed E-state index contributed by atoms with van der Waals surface area (Å²) >= 11 is 6.20. The molecule has 0 aliphatic heterocycles. The standard InChI is InChI=1S/C22H21ClO6/c1-3-26-10-11-27-22(25)14(2)29-15-8-9-17-20(12-15)28-13-18(21(17)24)16-6-4-5-7-19(16)23/h4-9,12-14H,3,10-11H2,1-2H3/t14-/m0/s1. The molecule has 0 saturated heterocycles. The number of carbonyl (C=O) groups excluding carboxylic acids is 1. The molecule has 0 amide bonds. The van der Waals surface area contributed by atoms with Crippen LogP contribution in [0.1, 0.15) is 13.8 Å². The van der Waals surface area contributed by atoms with Crippen molar-refractivity contribution < 1.29 is 23.4 Å². The van der Waals surface area contributed by atoms with Gasteiger partial charge in [-0.3, -0.25) is 4.79 Å². The molecule has 0 unspecified atom stereocenters. The third-order valence-electron chi connectivity index (χ3n) is 4.23. The molecule has 1 atom stereocenters. The predicted molar refractivity (Wildman–Crippen MR) is 110 cm³/mol. The first kappa shape index (κ1) is 20.9. The van der Waals surface area contributed by atoms with Crippen molar-refractivity contribution in [3.05, 3.63) is 64.0 Å². The Bertz CT molecular complexity index is 1060. The van der Waals surface area contributed by atoms with Crippen LogP contribution < -0.4 is 10.2 Å². The molecule has 0 fully saturated rings. The van der Waals surface area contributed by atoms with E-state index in [9.17, 15) is 9.59 Å². The Labute approximate surface area is 172 Å². The number of hydrogen-bond donors (Lipinski definition) is 0. The number of fused-ring (bicyclic) bond motifs is 1. The molecule has 29 heavy (non-hydrogen) atoms.